The van der Waals surface area contributed by atoms with Crippen LogP contribution in [0.1, 0.15) is 71.6 Å². The molecular weight excluding hydrogens is 248 g/mol. The molecule has 0 bridgehead atoms. The molecule has 3 heteroatoms. The van der Waals surface area contributed by atoms with Gasteiger partial charge in [0, 0.05) is 12.8 Å². The fourth-order valence-corrected chi connectivity index (χ4v) is 2.59. The lowest BCUT2D eigenvalue weighted by molar-refractivity contribution is 0.0214. The summed E-state index contributed by atoms with van der Waals surface area (Å²) in [5, 5.41) is 9.60. The minimum atomic E-state index is -0.421. The molecule has 1 aliphatic rings. The van der Waals surface area contributed by atoms with Crippen LogP contribution in [-0.2, 0) is 0 Å². The normalized spacial score (nSPS) is 21.1. The molecule has 2 atom stereocenters. The van der Waals surface area contributed by atoms with Crippen molar-refractivity contribution in [1.82, 2.24) is 4.90 Å². The van der Waals surface area contributed by atoms with Gasteiger partial charge in [0.15, 0.2) is 0 Å². The first-order valence-corrected chi connectivity index (χ1v) is 8.37. The molecule has 1 N–H and O–H groups in total. The lowest BCUT2D eigenvalue weighted by Crippen LogP contribution is -2.36. The largest absolute Gasteiger partial charge is 0.379 e. The van der Waals surface area contributed by atoms with Crippen LogP contribution in [0.2, 0.25) is 0 Å². The molecule has 0 aromatic rings. The zero-order valence-corrected chi connectivity index (χ0v) is 13.3. The van der Waals surface area contributed by atoms with Crippen molar-refractivity contribution in [3.05, 3.63) is 12.2 Å². The molecule has 0 saturated carbocycles. The van der Waals surface area contributed by atoms with Crippen molar-refractivity contribution < 1.29 is 5.11 Å². The zero-order chi connectivity index (χ0) is 14.6. The Morgan fingerprint density at radius 1 is 1.20 bits per heavy atom. The fraction of sp³-hybridized carbons (Fsp3) is 0.824. The molecule has 0 spiro atoms. The molecule has 20 heavy (non-hydrogen) atoms. The average Bonchev–Trinajstić information content (AvgIpc) is 2.89. The molecule has 0 aromatic heterocycles. The summed E-state index contributed by atoms with van der Waals surface area (Å²) in [7, 11) is 0. The smallest absolute Gasteiger partial charge is 0.122 e. The van der Waals surface area contributed by atoms with Gasteiger partial charge in [-0.25, -0.2) is 4.90 Å². The first-order valence-electron chi connectivity index (χ1n) is 8.37. The van der Waals surface area contributed by atoms with Gasteiger partial charge in [-0.05, 0) is 25.8 Å². The van der Waals surface area contributed by atoms with E-state index in [0.717, 1.165) is 13.0 Å². The monoisotopic (exact) mass is 280 g/mol. The van der Waals surface area contributed by atoms with E-state index in [2.05, 4.69) is 24.1 Å². The van der Waals surface area contributed by atoms with Gasteiger partial charge in [0.1, 0.15) is 12.4 Å². The maximum absolute atomic E-state index is 9.60. The van der Waals surface area contributed by atoms with Gasteiger partial charge < -0.3 is 5.11 Å². The van der Waals surface area contributed by atoms with Crippen LogP contribution in [0, 0.1) is 0 Å². The molecule has 0 radical (unpaired) electrons. The molecule has 0 fully saturated rings. The van der Waals surface area contributed by atoms with Crippen molar-refractivity contribution >= 4 is 6.21 Å². The SMILES string of the molecule is CCCCCCCCCC/C=C/C1N=CCN1C(C)O. The van der Waals surface area contributed by atoms with Crippen molar-refractivity contribution in [3.8, 4) is 0 Å². The van der Waals surface area contributed by atoms with Gasteiger partial charge in [-0.3, -0.25) is 4.99 Å². The van der Waals surface area contributed by atoms with Crippen LogP contribution in [-0.4, -0.2) is 35.2 Å². The van der Waals surface area contributed by atoms with E-state index in [4.69, 9.17) is 0 Å². The standard InChI is InChI=1S/C17H32N2O/c1-3-4-5-6-7-8-9-10-11-12-13-17-18-14-15-19(17)16(2)20/h12-14,16-17,20H,3-11,15H2,1-2H3/b13-12+. The number of aliphatic hydroxyl groups excluding tert-OH is 1. The van der Waals surface area contributed by atoms with E-state index in [1.54, 1.807) is 6.92 Å². The predicted octanol–water partition coefficient (Wildman–Crippen LogP) is 4.12. The molecule has 0 aliphatic carbocycles. The van der Waals surface area contributed by atoms with E-state index < -0.39 is 6.23 Å². The van der Waals surface area contributed by atoms with Crippen molar-refractivity contribution in [2.45, 2.75) is 84.0 Å². The van der Waals surface area contributed by atoms with E-state index in [1.165, 1.54) is 51.4 Å². The third-order valence-corrected chi connectivity index (χ3v) is 3.90. The highest BCUT2D eigenvalue weighted by atomic mass is 16.3. The van der Waals surface area contributed by atoms with Gasteiger partial charge in [0.2, 0.25) is 0 Å². The predicted molar refractivity (Wildman–Crippen MR) is 87.0 cm³/mol. The van der Waals surface area contributed by atoms with Crippen molar-refractivity contribution in [2.75, 3.05) is 6.54 Å². The van der Waals surface area contributed by atoms with Gasteiger partial charge >= 0.3 is 0 Å². The molecule has 1 heterocycles. The molecule has 0 amide bonds. The summed E-state index contributed by atoms with van der Waals surface area (Å²) in [6.45, 7) is 4.82. The Morgan fingerprint density at radius 3 is 2.50 bits per heavy atom. The summed E-state index contributed by atoms with van der Waals surface area (Å²) < 4.78 is 0. The molecule has 116 valence electrons. The number of hydrogen-bond acceptors (Lipinski definition) is 3. The summed E-state index contributed by atoms with van der Waals surface area (Å²) in [4.78, 5) is 6.34. The van der Waals surface area contributed by atoms with Crippen LogP contribution in [0.4, 0.5) is 0 Å². The van der Waals surface area contributed by atoms with E-state index in [1.807, 2.05) is 11.1 Å². The van der Waals surface area contributed by atoms with Gasteiger partial charge in [-0.15, -0.1) is 0 Å². The molecule has 0 saturated heterocycles. The van der Waals surface area contributed by atoms with Crippen molar-refractivity contribution in [2.24, 2.45) is 4.99 Å². The maximum atomic E-state index is 9.60. The van der Waals surface area contributed by atoms with Gasteiger partial charge in [-0.1, -0.05) is 57.9 Å². The Bertz CT molecular complexity index is 287. The van der Waals surface area contributed by atoms with Gasteiger partial charge in [-0.2, -0.15) is 0 Å². The minimum Gasteiger partial charge on any atom is -0.379 e. The second kappa shape index (κ2) is 11.0. The van der Waals surface area contributed by atoms with Crippen LogP contribution in [0.3, 0.4) is 0 Å². The average molecular weight is 280 g/mol. The summed E-state index contributed by atoms with van der Waals surface area (Å²) in [5.41, 5.74) is 0. The Balaban J connectivity index is 1.98. The Morgan fingerprint density at radius 2 is 1.85 bits per heavy atom. The number of aliphatic hydroxyl groups is 1. The van der Waals surface area contributed by atoms with Crippen LogP contribution < -0.4 is 0 Å². The third-order valence-electron chi connectivity index (χ3n) is 3.90. The number of rotatable bonds is 11. The maximum Gasteiger partial charge on any atom is 0.122 e. The summed E-state index contributed by atoms with van der Waals surface area (Å²) >= 11 is 0. The van der Waals surface area contributed by atoms with Crippen LogP contribution in [0.15, 0.2) is 17.1 Å². The van der Waals surface area contributed by atoms with Crippen LogP contribution >= 0.6 is 0 Å². The number of unbranched alkanes of at least 4 members (excludes halogenated alkanes) is 8. The van der Waals surface area contributed by atoms with E-state index in [-0.39, 0.29) is 6.17 Å². The number of hydrogen-bond donors (Lipinski definition) is 1. The first kappa shape index (κ1) is 17.4. The second-order valence-corrected chi connectivity index (χ2v) is 5.77. The lowest BCUT2D eigenvalue weighted by Gasteiger charge is -2.23. The topological polar surface area (TPSA) is 35.8 Å². The number of nitrogens with zero attached hydrogens (tertiary/aromatic N) is 2. The highest BCUT2D eigenvalue weighted by Gasteiger charge is 2.21. The quantitative estimate of drug-likeness (QED) is 0.456. The molecule has 2 unspecified atom stereocenters. The van der Waals surface area contributed by atoms with E-state index in [0.29, 0.717) is 0 Å². The highest BCUT2D eigenvalue weighted by molar-refractivity contribution is 5.62. The molecule has 1 aliphatic heterocycles. The Hall–Kier alpha value is -0.670. The third kappa shape index (κ3) is 7.20. The second-order valence-electron chi connectivity index (χ2n) is 5.77. The summed E-state index contributed by atoms with van der Waals surface area (Å²) in [5.74, 6) is 0. The van der Waals surface area contributed by atoms with E-state index >= 15 is 0 Å². The van der Waals surface area contributed by atoms with Crippen LogP contribution in [0.5, 0.6) is 0 Å². The van der Waals surface area contributed by atoms with E-state index in [9.17, 15) is 5.11 Å². The Kier molecular flexibility index (Phi) is 9.60. The molecule has 1 rings (SSSR count). The zero-order valence-electron chi connectivity index (χ0n) is 13.3. The molecule has 0 aromatic carbocycles. The number of allylic oxidation sites excluding steroid dienone is 1. The lowest BCUT2D eigenvalue weighted by atomic mass is 10.1. The number of aliphatic imine (C=N–C) groups is 1. The Labute approximate surface area is 124 Å². The molecular formula is C17H32N2O. The molecule has 3 nitrogen and oxygen atoms in total. The van der Waals surface area contributed by atoms with Crippen molar-refractivity contribution in [1.29, 1.82) is 0 Å². The fourth-order valence-electron chi connectivity index (χ4n) is 2.59. The van der Waals surface area contributed by atoms with Gasteiger partial charge in [0.05, 0.1) is 0 Å². The van der Waals surface area contributed by atoms with Crippen molar-refractivity contribution in [3.63, 3.8) is 0 Å². The minimum absolute atomic E-state index is 0.0454. The first-order chi connectivity index (χ1) is 9.75. The van der Waals surface area contributed by atoms with Gasteiger partial charge in [0.25, 0.3) is 0 Å². The van der Waals surface area contributed by atoms with Crippen LogP contribution in [0.25, 0.3) is 0 Å². The summed E-state index contributed by atoms with van der Waals surface area (Å²) in [6.07, 6.45) is 17.9. The highest BCUT2D eigenvalue weighted by Crippen LogP contribution is 2.13. The summed E-state index contributed by atoms with van der Waals surface area (Å²) in [6, 6.07) is 0.